The number of hydrogen-bond donors (Lipinski definition) is 1. The Labute approximate surface area is 114 Å². The molecule has 4 heteroatoms. The molecule has 18 heavy (non-hydrogen) atoms. The lowest BCUT2D eigenvalue weighted by atomic mass is 10.1. The summed E-state index contributed by atoms with van der Waals surface area (Å²) in [4.78, 5) is 13.6. The van der Waals surface area contributed by atoms with Crippen LogP contribution in [0.3, 0.4) is 0 Å². The van der Waals surface area contributed by atoms with Crippen molar-refractivity contribution in [2.24, 2.45) is 0 Å². The van der Waals surface area contributed by atoms with E-state index in [9.17, 15) is 4.79 Å². The molecule has 0 unspecified atom stereocenters. The highest BCUT2D eigenvalue weighted by molar-refractivity contribution is 6.31. The summed E-state index contributed by atoms with van der Waals surface area (Å²) in [5.41, 5.74) is 1.11. The number of likely N-dealkylation sites (N-methyl/N-ethyl adjacent to an activating group) is 1. The molecule has 0 aromatic heterocycles. The number of nitrogens with one attached hydrogen (secondary N) is 1. The zero-order valence-electron chi connectivity index (χ0n) is 11.1. The minimum atomic E-state index is 0.115. The number of aryl methyl sites for hydroxylation is 1. The lowest BCUT2D eigenvalue weighted by molar-refractivity contribution is -0.121. The summed E-state index contributed by atoms with van der Waals surface area (Å²) in [6.45, 7) is 1.58. The Hall–Kier alpha value is -1.06. The number of carbonyl (C=O) groups excluding carboxylic acids is 1. The van der Waals surface area contributed by atoms with Crippen LogP contribution in [0.15, 0.2) is 24.3 Å². The van der Waals surface area contributed by atoms with Crippen LogP contribution in [0, 0.1) is 0 Å². The first-order valence-electron chi connectivity index (χ1n) is 6.24. The monoisotopic (exact) mass is 268 g/mol. The Kier molecular flexibility index (Phi) is 6.76. The fourth-order valence-electron chi connectivity index (χ4n) is 1.65. The number of nitrogens with zero attached hydrogens (tertiary/aromatic N) is 1. The van der Waals surface area contributed by atoms with Gasteiger partial charge in [0.1, 0.15) is 0 Å². The van der Waals surface area contributed by atoms with E-state index in [1.165, 1.54) is 0 Å². The average Bonchev–Trinajstić information content (AvgIpc) is 2.31. The lowest BCUT2D eigenvalue weighted by Crippen LogP contribution is -2.31. The molecule has 0 saturated carbocycles. The molecule has 1 amide bonds. The second kappa shape index (κ2) is 8.11. The summed E-state index contributed by atoms with van der Waals surface area (Å²) in [7, 11) is 3.98. The normalized spacial score (nSPS) is 10.7. The molecule has 1 aromatic carbocycles. The number of hydrogen-bond acceptors (Lipinski definition) is 2. The van der Waals surface area contributed by atoms with Crippen molar-refractivity contribution in [1.82, 2.24) is 10.2 Å². The van der Waals surface area contributed by atoms with Crippen molar-refractivity contribution in [2.75, 3.05) is 27.2 Å². The van der Waals surface area contributed by atoms with Gasteiger partial charge in [-0.25, -0.2) is 0 Å². The molecule has 0 bridgehead atoms. The van der Waals surface area contributed by atoms with Gasteiger partial charge in [-0.1, -0.05) is 29.8 Å². The molecule has 3 nitrogen and oxygen atoms in total. The van der Waals surface area contributed by atoms with E-state index in [0.717, 1.165) is 30.0 Å². The molecule has 0 aliphatic heterocycles. The molecular weight excluding hydrogens is 248 g/mol. The van der Waals surface area contributed by atoms with E-state index in [-0.39, 0.29) is 5.91 Å². The molecule has 100 valence electrons. The Morgan fingerprint density at radius 3 is 2.72 bits per heavy atom. The minimum absolute atomic E-state index is 0.115. The molecule has 0 aliphatic rings. The maximum Gasteiger partial charge on any atom is 0.220 e. The third-order valence-electron chi connectivity index (χ3n) is 2.69. The van der Waals surface area contributed by atoms with Gasteiger partial charge in [0.2, 0.25) is 5.91 Å². The molecule has 0 atom stereocenters. The van der Waals surface area contributed by atoms with E-state index in [0.29, 0.717) is 13.0 Å². The fraction of sp³-hybridized carbons (Fsp3) is 0.500. The van der Waals surface area contributed by atoms with Crippen LogP contribution in [0.2, 0.25) is 5.02 Å². The van der Waals surface area contributed by atoms with E-state index >= 15 is 0 Å². The van der Waals surface area contributed by atoms with Gasteiger partial charge < -0.3 is 10.2 Å². The summed E-state index contributed by atoms with van der Waals surface area (Å²) < 4.78 is 0. The number of halogens is 1. The van der Waals surface area contributed by atoms with Crippen molar-refractivity contribution in [1.29, 1.82) is 0 Å². The Balaban J connectivity index is 2.18. The molecule has 0 radical (unpaired) electrons. The molecular formula is C14H21ClN2O. The van der Waals surface area contributed by atoms with Gasteiger partial charge in [0, 0.05) is 24.5 Å². The Morgan fingerprint density at radius 2 is 2.06 bits per heavy atom. The van der Waals surface area contributed by atoms with Crippen molar-refractivity contribution in [3.05, 3.63) is 34.9 Å². The summed E-state index contributed by atoms with van der Waals surface area (Å²) in [5.74, 6) is 0.115. The van der Waals surface area contributed by atoms with E-state index in [4.69, 9.17) is 11.6 Å². The maximum absolute atomic E-state index is 11.5. The maximum atomic E-state index is 11.5. The molecule has 0 aliphatic carbocycles. The molecule has 0 spiro atoms. The van der Waals surface area contributed by atoms with Crippen LogP contribution in [-0.4, -0.2) is 38.0 Å². The number of amides is 1. The summed E-state index contributed by atoms with van der Waals surface area (Å²) in [6, 6.07) is 7.78. The third kappa shape index (κ3) is 6.03. The number of benzene rings is 1. The SMILES string of the molecule is CN(C)CCNC(=O)CCCc1ccccc1Cl. The predicted octanol–water partition coefficient (Wildman–Crippen LogP) is 2.34. The highest BCUT2D eigenvalue weighted by atomic mass is 35.5. The van der Waals surface area contributed by atoms with Crippen LogP contribution in [0.4, 0.5) is 0 Å². The first-order chi connectivity index (χ1) is 8.59. The van der Waals surface area contributed by atoms with Gasteiger partial charge >= 0.3 is 0 Å². The second-order valence-electron chi connectivity index (χ2n) is 4.60. The third-order valence-corrected chi connectivity index (χ3v) is 3.06. The van der Waals surface area contributed by atoms with Gasteiger partial charge in [-0.3, -0.25) is 4.79 Å². The number of rotatable bonds is 7. The number of carbonyl (C=O) groups is 1. The van der Waals surface area contributed by atoms with E-state index in [1.807, 2.05) is 43.3 Å². The van der Waals surface area contributed by atoms with Crippen LogP contribution in [-0.2, 0) is 11.2 Å². The van der Waals surface area contributed by atoms with E-state index in [2.05, 4.69) is 5.32 Å². The molecule has 0 heterocycles. The van der Waals surface area contributed by atoms with Crippen LogP contribution < -0.4 is 5.32 Å². The van der Waals surface area contributed by atoms with Crippen molar-refractivity contribution in [3.63, 3.8) is 0 Å². The van der Waals surface area contributed by atoms with Crippen molar-refractivity contribution >= 4 is 17.5 Å². The average molecular weight is 269 g/mol. The predicted molar refractivity (Wildman–Crippen MR) is 76.0 cm³/mol. The highest BCUT2D eigenvalue weighted by Gasteiger charge is 2.03. The summed E-state index contributed by atoms with van der Waals surface area (Å²) in [5, 5.41) is 3.68. The first-order valence-corrected chi connectivity index (χ1v) is 6.62. The largest absolute Gasteiger partial charge is 0.355 e. The first kappa shape index (κ1) is 15.0. The van der Waals surface area contributed by atoms with Gasteiger partial charge in [0.05, 0.1) is 0 Å². The molecule has 0 saturated heterocycles. The molecule has 0 fully saturated rings. The second-order valence-corrected chi connectivity index (χ2v) is 5.01. The van der Waals surface area contributed by atoms with Gasteiger partial charge in [0.25, 0.3) is 0 Å². The summed E-state index contributed by atoms with van der Waals surface area (Å²) >= 11 is 6.05. The van der Waals surface area contributed by atoms with E-state index < -0.39 is 0 Å². The van der Waals surface area contributed by atoms with Crippen LogP contribution >= 0.6 is 11.6 Å². The molecule has 1 aromatic rings. The quantitative estimate of drug-likeness (QED) is 0.823. The molecule has 1 N–H and O–H groups in total. The summed E-state index contributed by atoms with van der Waals surface area (Å²) in [6.07, 6.45) is 2.23. The van der Waals surface area contributed by atoms with Crippen molar-refractivity contribution < 1.29 is 4.79 Å². The van der Waals surface area contributed by atoms with Gasteiger partial charge in [-0.05, 0) is 38.6 Å². The smallest absolute Gasteiger partial charge is 0.220 e. The Morgan fingerprint density at radius 1 is 1.33 bits per heavy atom. The zero-order valence-corrected chi connectivity index (χ0v) is 11.8. The topological polar surface area (TPSA) is 32.3 Å². The Bertz CT molecular complexity index is 380. The van der Waals surface area contributed by atoms with Crippen molar-refractivity contribution in [3.8, 4) is 0 Å². The van der Waals surface area contributed by atoms with Gasteiger partial charge in [0.15, 0.2) is 0 Å². The van der Waals surface area contributed by atoms with E-state index in [1.54, 1.807) is 0 Å². The van der Waals surface area contributed by atoms with Crippen molar-refractivity contribution in [2.45, 2.75) is 19.3 Å². The lowest BCUT2D eigenvalue weighted by Gasteiger charge is -2.10. The van der Waals surface area contributed by atoms with Gasteiger partial charge in [-0.15, -0.1) is 0 Å². The van der Waals surface area contributed by atoms with Crippen LogP contribution in [0.5, 0.6) is 0 Å². The zero-order chi connectivity index (χ0) is 13.4. The molecule has 1 rings (SSSR count). The highest BCUT2D eigenvalue weighted by Crippen LogP contribution is 2.16. The fourth-order valence-corrected chi connectivity index (χ4v) is 1.88. The minimum Gasteiger partial charge on any atom is -0.355 e. The van der Waals surface area contributed by atoms with Gasteiger partial charge in [-0.2, -0.15) is 0 Å². The van der Waals surface area contributed by atoms with Crippen LogP contribution in [0.25, 0.3) is 0 Å². The van der Waals surface area contributed by atoms with Crippen LogP contribution in [0.1, 0.15) is 18.4 Å². The standard InChI is InChI=1S/C14H21ClN2O/c1-17(2)11-10-16-14(18)9-5-7-12-6-3-4-8-13(12)15/h3-4,6,8H,5,7,9-11H2,1-2H3,(H,16,18).